The number of thiophene rings is 1. The van der Waals surface area contributed by atoms with E-state index in [4.69, 9.17) is 11.6 Å². The highest BCUT2D eigenvalue weighted by Crippen LogP contribution is 2.27. The molecule has 0 bridgehead atoms. The van der Waals surface area contributed by atoms with Crippen LogP contribution in [0.25, 0.3) is 15.9 Å². The Bertz CT molecular complexity index is 1170. The Kier molecular flexibility index (Phi) is 4.69. The van der Waals surface area contributed by atoms with E-state index in [1.54, 1.807) is 24.3 Å². The van der Waals surface area contributed by atoms with Gasteiger partial charge in [-0.25, -0.2) is 14.6 Å². The molecule has 0 atom stereocenters. The molecule has 1 aromatic carbocycles. The largest absolute Gasteiger partial charge is 0.324 e. The Labute approximate surface area is 162 Å². The average molecular weight is 401 g/mol. The lowest BCUT2D eigenvalue weighted by Crippen LogP contribution is -2.23. The van der Waals surface area contributed by atoms with E-state index in [1.807, 2.05) is 5.38 Å². The van der Waals surface area contributed by atoms with Gasteiger partial charge < -0.3 is 5.32 Å². The molecule has 0 radical (unpaired) electrons. The van der Waals surface area contributed by atoms with Crippen molar-refractivity contribution in [3.63, 3.8) is 0 Å². The molecule has 0 fully saturated rings. The Hall–Kier alpha value is -3.04. The molecular formula is C17H13ClN6O2S. The van der Waals surface area contributed by atoms with Gasteiger partial charge in [0.15, 0.2) is 0 Å². The number of hydrogen-bond acceptors (Lipinski definition) is 6. The van der Waals surface area contributed by atoms with Crippen LogP contribution >= 0.6 is 22.9 Å². The Balaban J connectivity index is 1.51. The monoisotopic (exact) mass is 400 g/mol. The quantitative estimate of drug-likeness (QED) is 0.555. The first kappa shape index (κ1) is 17.4. The Morgan fingerprint density at radius 1 is 1.26 bits per heavy atom. The van der Waals surface area contributed by atoms with Crippen molar-refractivity contribution in [1.82, 2.24) is 24.3 Å². The molecule has 4 aromatic rings. The number of nitrogens with one attached hydrogen (secondary N) is 1. The highest BCUT2D eigenvalue weighted by molar-refractivity contribution is 7.16. The number of hydrogen-bond donors (Lipinski definition) is 1. The van der Waals surface area contributed by atoms with Crippen molar-refractivity contribution in [3.05, 3.63) is 64.0 Å². The molecule has 0 saturated heterocycles. The van der Waals surface area contributed by atoms with Gasteiger partial charge in [-0.3, -0.25) is 14.2 Å². The van der Waals surface area contributed by atoms with Crippen molar-refractivity contribution in [1.29, 1.82) is 0 Å². The van der Waals surface area contributed by atoms with Crippen LogP contribution in [0.2, 0.25) is 5.02 Å². The lowest BCUT2D eigenvalue weighted by molar-refractivity contribution is -0.116. The molecule has 136 valence electrons. The number of carbonyl (C=O) groups excluding carboxylic acids is 1. The fraction of sp³-hybridized carbons (Fsp3) is 0.118. The summed E-state index contributed by atoms with van der Waals surface area (Å²) in [6, 6.07) is 6.90. The smallest absolute Gasteiger partial charge is 0.262 e. The fourth-order valence-corrected chi connectivity index (χ4v) is 3.64. The summed E-state index contributed by atoms with van der Waals surface area (Å²) in [6.45, 7) is 0.225. The molecular weight excluding hydrogens is 388 g/mol. The minimum absolute atomic E-state index is 0.112. The predicted molar refractivity (Wildman–Crippen MR) is 103 cm³/mol. The second kappa shape index (κ2) is 7.29. The van der Waals surface area contributed by atoms with Crippen LogP contribution in [-0.2, 0) is 11.3 Å². The number of carbonyl (C=O) groups is 1. The van der Waals surface area contributed by atoms with Crippen molar-refractivity contribution < 1.29 is 4.79 Å². The summed E-state index contributed by atoms with van der Waals surface area (Å²) in [7, 11) is 0. The van der Waals surface area contributed by atoms with E-state index in [-0.39, 0.29) is 24.4 Å². The van der Waals surface area contributed by atoms with E-state index in [1.165, 1.54) is 39.6 Å². The number of amides is 1. The number of rotatable bonds is 5. The van der Waals surface area contributed by atoms with Crippen LogP contribution in [0, 0.1) is 0 Å². The summed E-state index contributed by atoms with van der Waals surface area (Å²) >= 11 is 7.66. The van der Waals surface area contributed by atoms with Crippen molar-refractivity contribution in [2.75, 3.05) is 5.32 Å². The third kappa shape index (κ3) is 3.46. The lowest BCUT2D eigenvalue weighted by atomic mass is 10.2. The standard InChI is InChI=1S/C17H13ClN6O2S/c18-12-2-1-3-13(15(12)24-9-19-8-21-24)22-14(25)4-6-23-10-20-16-11(17(23)26)5-7-27-16/h1-3,5,7-10H,4,6H2,(H,22,25). The van der Waals surface area contributed by atoms with Crippen molar-refractivity contribution in [3.8, 4) is 5.69 Å². The molecule has 3 aromatic heterocycles. The van der Waals surface area contributed by atoms with Crippen LogP contribution in [0.1, 0.15) is 6.42 Å². The molecule has 3 heterocycles. The highest BCUT2D eigenvalue weighted by atomic mass is 35.5. The summed E-state index contributed by atoms with van der Waals surface area (Å²) in [5.74, 6) is -0.254. The summed E-state index contributed by atoms with van der Waals surface area (Å²) in [6.07, 6.45) is 4.46. The summed E-state index contributed by atoms with van der Waals surface area (Å²) in [5.41, 5.74) is 0.889. The molecule has 0 aliphatic rings. The number of benzene rings is 1. The highest BCUT2D eigenvalue weighted by Gasteiger charge is 2.13. The molecule has 1 amide bonds. The number of aryl methyl sites for hydroxylation is 1. The van der Waals surface area contributed by atoms with E-state index in [9.17, 15) is 9.59 Å². The van der Waals surface area contributed by atoms with Crippen LogP contribution in [0.3, 0.4) is 0 Å². The van der Waals surface area contributed by atoms with Gasteiger partial charge in [0, 0.05) is 13.0 Å². The molecule has 1 N–H and O–H groups in total. The molecule has 0 aliphatic heterocycles. The van der Waals surface area contributed by atoms with Gasteiger partial charge in [-0.1, -0.05) is 17.7 Å². The first-order valence-corrected chi connectivity index (χ1v) is 9.25. The minimum atomic E-state index is -0.254. The third-order valence-electron chi connectivity index (χ3n) is 3.94. The Morgan fingerprint density at radius 2 is 2.15 bits per heavy atom. The molecule has 10 heteroatoms. The molecule has 0 unspecified atom stereocenters. The molecule has 27 heavy (non-hydrogen) atoms. The van der Waals surface area contributed by atoms with Crippen LogP contribution < -0.4 is 10.9 Å². The zero-order valence-electron chi connectivity index (χ0n) is 13.9. The maximum absolute atomic E-state index is 12.4. The SMILES string of the molecule is O=C(CCn1cnc2sccc2c1=O)Nc1cccc(Cl)c1-n1cncn1. The number of aromatic nitrogens is 5. The summed E-state index contributed by atoms with van der Waals surface area (Å²) in [4.78, 5) is 33.6. The number of halogens is 1. The molecule has 8 nitrogen and oxygen atoms in total. The number of anilines is 1. The number of para-hydroxylation sites is 1. The lowest BCUT2D eigenvalue weighted by Gasteiger charge is -2.12. The zero-order valence-corrected chi connectivity index (χ0v) is 15.4. The molecule has 0 saturated carbocycles. The van der Waals surface area contributed by atoms with Crippen LogP contribution in [0.4, 0.5) is 5.69 Å². The van der Waals surface area contributed by atoms with E-state index in [2.05, 4.69) is 20.4 Å². The van der Waals surface area contributed by atoms with Crippen LogP contribution in [0.5, 0.6) is 0 Å². The second-order valence-corrected chi connectivity index (χ2v) is 6.96. The zero-order chi connectivity index (χ0) is 18.8. The minimum Gasteiger partial charge on any atom is -0.324 e. The van der Waals surface area contributed by atoms with Crippen LogP contribution in [-0.4, -0.2) is 30.2 Å². The van der Waals surface area contributed by atoms with Gasteiger partial charge in [0.25, 0.3) is 5.56 Å². The summed E-state index contributed by atoms with van der Waals surface area (Å²) < 4.78 is 2.92. The average Bonchev–Trinajstić information content (AvgIpc) is 3.33. The number of fused-ring (bicyclic) bond motifs is 1. The first-order valence-electron chi connectivity index (χ1n) is 7.99. The van der Waals surface area contributed by atoms with E-state index >= 15 is 0 Å². The van der Waals surface area contributed by atoms with E-state index in [0.717, 1.165) is 0 Å². The predicted octanol–water partition coefficient (Wildman–Crippen LogP) is 2.72. The summed E-state index contributed by atoms with van der Waals surface area (Å²) in [5, 5.41) is 9.69. The van der Waals surface area contributed by atoms with Crippen molar-refractivity contribution in [2.45, 2.75) is 13.0 Å². The van der Waals surface area contributed by atoms with E-state index < -0.39 is 0 Å². The number of nitrogens with zero attached hydrogens (tertiary/aromatic N) is 5. The molecule has 0 spiro atoms. The van der Waals surface area contributed by atoms with Gasteiger partial charge in [0.1, 0.15) is 23.2 Å². The van der Waals surface area contributed by atoms with Gasteiger partial charge in [0.2, 0.25) is 5.91 Å². The van der Waals surface area contributed by atoms with Crippen LogP contribution in [0.15, 0.2) is 53.4 Å². The second-order valence-electron chi connectivity index (χ2n) is 5.66. The fourth-order valence-electron chi connectivity index (χ4n) is 2.66. The van der Waals surface area contributed by atoms with Gasteiger partial charge in [-0.05, 0) is 23.6 Å². The van der Waals surface area contributed by atoms with E-state index in [0.29, 0.717) is 26.6 Å². The van der Waals surface area contributed by atoms with Gasteiger partial charge >= 0.3 is 0 Å². The molecule has 0 aliphatic carbocycles. The maximum atomic E-state index is 12.4. The normalized spacial score (nSPS) is 11.0. The first-order chi connectivity index (χ1) is 13.1. The third-order valence-corrected chi connectivity index (χ3v) is 5.06. The molecule has 4 rings (SSSR count). The maximum Gasteiger partial charge on any atom is 0.262 e. The van der Waals surface area contributed by atoms with Gasteiger partial charge in [0.05, 0.1) is 22.4 Å². The Morgan fingerprint density at radius 3 is 2.96 bits per heavy atom. The van der Waals surface area contributed by atoms with Crippen molar-refractivity contribution in [2.24, 2.45) is 0 Å². The van der Waals surface area contributed by atoms with Gasteiger partial charge in [-0.2, -0.15) is 5.10 Å². The van der Waals surface area contributed by atoms with Crippen molar-refractivity contribution >= 4 is 44.7 Å². The topological polar surface area (TPSA) is 94.7 Å². The van der Waals surface area contributed by atoms with Gasteiger partial charge in [-0.15, -0.1) is 11.3 Å².